The van der Waals surface area contributed by atoms with Crippen LogP contribution in [0.3, 0.4) is 0 Å². The summed E-state index contributed by atoms with van der Waals surface area (Å²) < 4.78 is 15.5. The van der Waals surface area contributed by atoms with Crippen molar-refractivity contribution in [3.8, 4) is 0 Å². The summed E-state index contributed by atoms with van der Waals surface area (Å²) in [5.74, 6) is 0.0895. The zero-order valence-corrected chi connectivity index (χ0v) is 10.6. The molecule has 0 radical (unpaired) electrons. The molecule has 0 rings (SSSR count). The van der Waals surface area contributed by atoms with Crippen molar-refractivity contribution in [2.75, 3.05) is 19.8 Å². The molecule has 94 valence electrons. The molecule has 0 aromatic carbocycles. The normalized spacial score (nSPS) is 12.6. The molecular formula is C12H22O4. The molecule has 0 aliphatic heterocycles. The third kappa shape index (κ3) is 8.44. The minimum absolute atomic E-state index is 0.223. The smallest absolute Gasteiger partial charge is 0.333 e. The van der Waals surface area contributed by atoms with Crippen molar-refractivity contribution in [2.45, 2.75) is 34.0 Å². The van der Waals surface area contributed by atoms with E-state index in [9.17, 15) is 4.79 Å². The molecule has 0 spiro atoms. The predicted molar refractivity (Wildman–Crippen MR) is 62.0 cm³/mol. The molecule has 1 atom stereocenters. The molecule has 0 aliphatic rings. The van der Waals surface area contributed by atoms with Crippen LogP contribution >= 0.6 is 0 Å². The van der Waals surface area contributed by atoms with Gasteiger partial charge in [-0.2, -0.15) is 0 Å². The minimum atomic E-state index is -0.389. The van der Waals surface area contributed by atoms with Gasteiger partial charge >= 0.3 is 5.97 Å². The Bertz CT molecular complexity index is 223. The molecule has 4 nitrogen and oxygen atoms in total. The Hall–Kier alpha value is -0.870. The second-order valence-electron chi connectivity index (χ2n) is 4.08. The van der Waals surface area contributed by atoms with Crippen molar-refractivity contribution in [1.82, 2.24) is 0 Å². The van der Waals surface area contributed by atoms with Crippen molar-refractivity contribution in [2.24, 2.45) is 5.92 Å². The number of rotatable bonds is 8. The first-order valence-electron chi connectivity index (χ1n) is 5.49. The van der Waals surface area contributed by atoms with Gasteiger partial charge in [0.15, 0.2) is 6.29 Å². The van der Waals surface area contributed by atoms with E-state index in [-0.39, 0.29) is 18.9 Å². The zero-order chi connectivity index (χ0) is 12.6. The van der Waals surface area contributed by atoms with Crippen molar-refractivity contribution in [3.05, 3.63) is 12.2 Å². The average Bonchev–Trinajstić information content (AvgIpc) is 2.20. The molecule has 0 fully saturated rings. The summed E-state index contributed by atoms with van der Waals surface area (Å²) in [7, 11) is 0. The van der Waals surface area contributed by atoms with Gasteiger partial charge < -0.3 is 14.2 Å². The van der Waals surface area contributed by atoms with Gasteiger partial charge in [-0.3, -0.25) is 0 Å². The number of esters is 1. The van der Waals surface area contributed by atoms with Crippen LogP contribution in [0.4, 0.5) is 0 Å². The van der Waals surface area contributed by atoms with Gasteiger partial charge in [0.2, 0.25) is 0 Å². The van der Waals surface area contributed by atoms with Gasteiger partial charge in [-0.1, -0.05) is 20.4 Å². The third-order valence-corrected chi connectivity index (χ3v) is 1.68. The summed E-state index contributed by atoms with van der Waals surface area (Å²) in [5, 5.41) is 0. The maximum atomic E-state index is 11.0. The Morgan fingerprint density at radius 2 is 1.81 bits per heavy atom. The average molecular weight is 230 g/mol. The molecule has 0 aromatic heterocycles. The molecule has 16 heavy (non-hydrogen) atoms. The molecule has 0 aromatic rings. The van der Waals surface area contributed by atoms with Gasteiger partial charge in [0.1, 0.15) is 6.61 Å². The van der Waals surface area contributed by atoms with Crippen molar-refractivity contribution in [3.63, 3.8) is 0 Å². The molecule has 0 amide bonds. The van der Waals surface area contributed by atoms with Crippen LogP contribution < -0.4 is 0 Å². The number of carbonyl (C=O) groups is 1. The van der Waals surface area contributed by atoms with E-state index < -0.39 is 0 Å². The molecule has 0 heterocycles. The third-order valence-electron chi connectivity index (χ3n) is 1.68. The summed E-state index contributed by atoms with van der Waals surface area (Å²) >= 11 is 0. The second kappa shape index (κ2) is 8.30. The van der Waals surface area contributed by atoms with Crippen molar-refractivity contribution >= 4 is 5.97 Å². The molecule has 4 heteroatoms. The fraction of sp³-hybridized carbons (Fsp3) is 0.750. The number of hydrogen-bond donors (Lipinski definition) is 0. The lowest BCUT2D eigenvalue weighted by molar-refractivity contribution is -0.155. The van der Waals surface area contributed by atoms with Crippen LogP contribution in [0.1, 0.15) is 27.7 Å². The van der Waals surface area contributed by atoms with Crippen LogP contribution in [-0.4, -0.2) is 32.1 Å². The van der Waals surface area contributed by atoms with Gasteiger partial charge in [0.25, 0.3) is 0 Å². The summed E-state index contributed by atoms with van der Waals surface area (Å²) in [4.78, 5) is 11.0. The van der Waals surface area contributed by atoms with Gasteiger partial charge in [-0.05, 0) is 19.8 Å². The van der Waals surface area contributed by atoms with Crippen molar-refractivity contribution < 1.29 is 19.0 Å². The lowest BCUT2D eigenvalue weighted by Gasteiger charge is -2.15. The zero-order valence-electron chi connectivity index (χ0n) is 10.6. The van der Waals surface area contributed by atoms with Gasteiger partial charge in [-0.15, -0.1) is 0 Å². The lowest BCUT2D eigenvalue weighted by Crippen LogP contribution is -2.19. The van der Waals surface area contributed by atoms with E-state index in [0.29, 0.717) is 24.7 Å². The Labute approximate surface area is 97.6 Å². The molecule has 1 unspecified atom stereocenters. The molecule has 0 saturated heterocycles. The largest absolute Gasteiger partial charge is 0.460 e. The van der Waals surface area contributed by atoms with Crippen LogP contribution in [0.25, 0.3) is 0 Å². The Morgan fingerprint density at radius 1 is 1.19 bits per heavy atom. The van der Waals surface area contributed by atoms with E-state index in [1.54, 1.807) is 6.92 Å². The molecular weight excluding hydrogens is 208 g/mol. The minimum Gasteiger partial charge on any atom is -0.460 e. The van der Waals surface area contributed by atoms with E-state index in [2.05, 4.69) is 20.4 Å². The highest BCUT2D eigenvalue weighted by Gasteiger charge is 2.05. The number of carbonyl (C=O) groups excluding carboxylic acids is 1. The maximum absolute atomic E-state index is 11.0. The highest BCUT2D eigenvalue weighted by molar-refractivity contribution is 5.86. The molecule has 0 aliphatic carbocycles. The number of ether oxygens (including phenoxy) is 3. The topological polar surface area (TPSA) is 44.8 Å². The summed E-state index contributed by atoms with van der Waals surface area (Å²) in [6.45, 7) is 12.3. The van der Waals surface area contributed by atoms with Gasteiger partial charge in [0, 0.05) is 5.57 Å². The van der Waals surface area contributed by atoms with Crippen LogP contribution in [-0.2, 0) is 19.0 Å². The quantitative estimate of drug-likeness (QED) is 0.277. The van der Waals surface area contributed by atoms with E-state index in [1.165, 1.54) is 0 Å². The predicted octanol–water partition coefficient (Wildman–Crippen LogP) is 2.14. The van der Waals surface area contributed by atoms with Crippen molar-refractivity contribution in [1.29, 1.82) is 0 Å². The molecule has 0 N–H and O–H groups in total. The van der Waals surface area contributed by atoms with E-state index in [0.717, 1.165) is 0 Å². The first kappa shape index (κ1) is 15.1. The van der Waals surface area contributed by atoms with Crippen LogP contribution in [0.15, 0.2) is 12.2 Å². The summed E-state index contributed by atoms with van der Waals surface area (Å²) in [6.07, 6.45) is -0.272. The summed E-state index contributed by atoms with van der Waals surface area (Å²) in [5.41, 5.74) is 0.393. The Kier molecular flexibility index (Phi) is 7.85. The van der Waals surface area contributed by atoms with E-state index in [1.807, 2.05) is 6.92 Å². The number of hydrogen-bond acceptors (Lipinski definition) is 4. The highest BCUT2D eigenvalue weighted by atomic mass is 16.7. The SMILES string of the molecule is C=C(C)C(=O)OCCOC(C)OCC(C)C. The molecule has 0 saturated carbocycles. The lowest BCUT2D eigenvalue weighted by atomic mass is 10.2. The van der Waals surface area contributed by atoms with Crippen LogP contribution in [0, 0.1) is 5.92 Å². The summed E-state index contributed by atoms with van der Waals surface area (Å²) in [6, 6.07) is 0. The fourth-order valence-corrected chi connectivity index (χ4v) is 0.848. The van der Waals surface area contributed by atoms with Gasteiger partial charge in [-0.25, -0.2) is 4.79 Å². The van der Waals surface area contributed by atoms with Crippen LogP contribution in [0.5, 0.6) is 0 Å². The fourth-order valence-electron chi connectivity index (χ4n) is 0.848. The maximum Gasteiger partial charge on any atom is 0.333 e. The molecule has 0 bridgehead atoms. The monoisotopic (exact) mass is 230 g/mol. The van der Waals surface area contributed by atoms with Gasteiger partial charge in [0.05, 0.1) is 13.2 Å². The van der Waals surface area contributed by atoms with E-state index in [4.69, 9.17) is 14.2 Å². The first-order valence-corrected chi connectivity index (χ1v) is 5.49. The highest BCUT2D eigenvalue weighted by Crippen LogP contribution is 1.99. The first-order chi connectivity index (χ1) is 7.43. The Balaban J connectivity index is 3.44. The second-order valence-corrected chi connectivity index (χ2v) is 4.08. The van der Waals surface area contributed by atoms with E-state index >= 15 is 0 Å². The Morgan fingerprint density at radius 3 is 2.31 bits per heavy atom. The van der Waals surface area contributed by atoms with Crippen LogP contribution in [0.2, 0.25) is 0 Å². The standard InChI is InChI=1S/C12H22O4/c1-9(2)8-16-11(5)14-6-7-15-12(13)10(3)4/h9,11H,3,6-8H2,1-2,4-5H3.